The van der Waals surface area contributed by atoms with Crippen LogP contribution in [0.3, 0.4) is 0 Å². The van der Waals surface area contributed by atoms with Gasteiger partial charge in [-0.3, -0.25) is 0 Å². The summed E-state index contributed by atoms with van der Waals surface area (Å²) in [6, 6.07) is 6.61. The fraction of sp³-hybridized carbons (Fsp3) is 0.625. The maximum Gasteiger partial charge on any atom is 0.175 e. The van der Waals surface area contributed by atoms with Crippen LogP contribution in [0.2, 0.25) is 0 Å². The summed E-state index contributed by atoms with van der Waals surface area (Å²) in [6.45, 7) is 5.90. The highest BCUT2D eigenvalue weighted by Gasteiger charge is 2.21. The molecule has 1 aromatic carbocycles. The van der Waals surface area contributed by atoms with Crippen LogP contribution in [-0.2, 0) is 25.7 Å². The predicted octanol–water partition coefficient (Wildman–Crippen LogP) is 1.83. The molecule has 0 saturated heterocycles. The average molecular weight is 330 g/mol. The lowest BCUT2D eigenvalue weighted by Crippen LogP contribution is -2.29. The summed E-state index contributed by atoms with van der Waals surface area (Å²) >= 11 is 0. The monoisotopic (exact) mass is 330 g/mol. The third kappa shape index (κ3) is 7.35. The van der Waals surface area contributed by atoms with Crippen LogP contribution in [0.1, 0.15) is 25.8 Å². The van der Waals surface area contributed by atoms with Gasteiger partial charge in [-0.1, -0.05) is 12.1 Å². The summed E-state index contributed by atoms with van der Waals surface area (Å²) in [5, 5.41) is 10.4. The first kappa shape index (κ1) is 19.1. The Kier molecular flexibility index (Phi) is 7.48. The quantitative estimate of drug-likeness (QED) is 0.663. The van der Waals surface area contributed by atoms with E-state index in [0.717, 1.165) is 5.56 Å². The molecular formula is C16H26O5S. The van der Waals surface area contributed by atoms with Crippen LogP contribution in [0.15, 0.2) is 29.2 Å². The molecule has 0 saturated carbocycles. The molecule has 5 nitrogen and oxygen atoms in total. The molecule has 1 aromatic rings. The number of sulfone groups is 1. The van der Waals surface area contributed by atoms with Crippen molar-refractivity contribution >= 4 is 9.84 Å². The van der Waals surface area contributed by atoms with Crippen molar-refractivity contribution in [2.75, 3.05) is 32.7 Å². The van der Waals surface area contributed by atoms with Crippen LogP contribution in [0.25, 0.3) is 0 Å². The van der Waals surface area contributed by atoms with Crippen molar-refractivity contribution in [1.29, 1.82) is 0 Å². The molecule has 0 unspecified atom stereocenters. The Balaban J connectivity index is 2.43. The van der Waals surface area contributed by atoms with E-state index in [1.165, 1.54) is 6.26 Å². The summed E-state index contributed by atoms with van der Waals surface area (Å²) in [7, 11) is -3.18. The van der Waals surface area contributed by atoms with Crippen molar-refractivity contribution < 1.29 is 23.0 Å². The number of rotatable bonds is 10. The molecule has 1 atom stereocenters. The lowest BCUT2D eigenvalue weighted by atomic mass is 9.94. The Morgan fingerprint density at radius 3 is 2.23 bits per heavy atom. The highest BCUT2D eigenvalue weighted by molar-refractivity contribution is 7.90. The standard InChI is InChI=1S/C16H26O5S/c1-4-20-11-12-21-10-9-16(2,17)13-14-5-7-15(8-6-14)22(3,18)19/h5-8,17H,4,9-13H2,1-3H3/t16-/m1/s1. The molecule has 0 radical (unpaired) electrons. The van der Waals surface area contributed by atoms with Gasteiger partial charge in [0.1, 0.15) is 0 Å². The Hall–Kier alpha value is -0.950. The molecule has 0 heterocycles. The topological polar surface area (TPSA) is 72.8 Å². The van der Waals surface area contributed by atoms with E-state index < -0.39 is 15.4 Å². The molecule has 0 aliphatic rings. The van der Waals surface area contributed by atoms with Crippen molar-refractivity contribution in [2.24, 2.45) is 0 Å². The molecule has 1 rings (SSSR count). The second kappa shape index (κ2) is 8.62. The van der Waals surface area contributed by atoms with E-state index in [2.05, 4.69) is 0 Å². The summed E-state index contributed by atoms with van der Waals surface area (Å²) < 4.78 is 33.4. The normalized spacial score (nSPS) is 14.7. The SMILES string of the molecule is CCOCCOCC[C@@](C)(O)Cc1ccc(S(C)(=O)=O)cc1. The second-order valence-corrected chi connectivity index (χ2v) is 7.66. The Morgan fingerprint density at radius 1 is 1.09 bits per heavy atom. The van der Waals surface area contributed by atoms with Crippen molar-refractivity contribution in [1.82, 2.24) is 0 Å². The summed E-state index contributed by atoms with van der Waals surface area (Å²) in [4.78, 5) is 0.287. The number of hydrogen-bond donors (Lipinski definition) is 1. The van der Waals surface area contributed by atoms with Crippen LogP contribution < -0.4 is 0 Å². The van der Waals surface area contributed by atoms with Gasteiger partial charge in [0.05, 0.1) is 23.7 Å². The molecule has 0 aromatic heterocycles. The first-order chi connectivity index (χ1) is 10.2. The van der Waals surface area contributed by atoms with Crippen LogP contribution in [0, 0.1) is 0 Å². The smallest absolute Gasteiger partial charge is 0.175 e. The van der Waals surface area contributed by atoms with E-state index in [1.807, 2.05) is 6.92 Å². The lowest BCUT2D eigenvalue weighted by molar-refractivity contribution is -0.000354. The highest BCUT2D eigenvalue weighted by atomic mass is 32.2. The third-order valence-electron chi connectivity index (χ3n) is 3.30. The molecule has 0 aliphatic carbocycles. The molecule has 0 spiro atoms. The Morgan fingerprint density at radius 2 is 1.68 bits per heavy atom. The molecule has 0 fully saturated rings. The maximum absolute atomic E-state index is 11.4. The van der Waals surface area contributed by atoms with E-state index in [1.54, 1.807) is 31.2 Å². The molecule has 1 N–H and O–H groups in total. The van der Waals surface area contributed by atoms with E-state index in [4.69, 9.17) is 9.47 Å². The van der Waals surface area contributed by atoms with E-state index >= 15 is 0 Å². The zero-order valence-corrected chi connectivity index (χ0v) is 14.4. The van der Waals surface area contributed by atoms with Crippen molar-refractivity contribution in [3.05, 3.63) is 29.8 Å². The van der Waals surface area contributed by atoms with Crippen LogP contribution in [0.4, 0.5) is 0 Å². The van der Waals surface area contributed by atoms with Gasteiger partial charge >= 0.3 is 0 Å². The van der Waals surface area contributed by atoms with Gasteiger partial charge in [-0.2, -0.15) is 0 Å². The van der Waals surface area contributed by atoms with Crippen molar-refractivity contribution in [2.45, 2.75) is 37.2 Å². The minimum Gasteiger partial charge on any atom is -0.390 e. The molecule has 22 heavy (non-hydrogen) atoms. The zero-order valence-electron chi connectivity index (χ0n) is 13.5. The van der Waals surface area contributed by atoms with Gasteiger partial charge in [-0.25, -0.2) is 8.42 Å². The largest absolute Gasteiger partial charge is 0.390 e. The average Bonchev–Trinajstić information content (AvgIpc) is 2.42. The maximum atomic E-state index is 11.4. The third-order valence-corrected chi connectivity index (χ3v) is 4.43. The molecule has 126 valence electrons. The fourth-order valence-corrected chi connectivity index (χ4v) is 2.67. The van der Waals surface area contributed by atoms with E-state index in [0.29, 0.717) is 39.3 Å². The van der Waals surface area contributed by atoms with Crippen LogP contribution in [-0.4, -0.2) is 51.8 Å². The number of hydrogen-bond acceptors (Lipinski definition) is 5. The van der Waals surface area contributed by atoms with Gasteiger partial charge in [-0.05, 0) is 38.0 Å². The van der Waals surface area contributed by atoms with Gasteiger partial charge in [-0.15, -0.1) is 0 Å². The highest BCUT2D eigenvalue weighted by Crippen LogP contribution is 2.19. The molecule has 6 heteroatoms. The first-order valence-electron chi connectivity index (χ1n) is 7.41. The van der Waals surface area contributed by atoms with Crippen molar-refractivity contribution in [3.8, 4) is 0 Å². The number of ether oxygens (including phenoxy) is 2. The summed E-state index contributed by atoms with van der Waals surface area (Å²) in [5.41, 5.74) is 0.00445. The predicted molar refractivity (Wildman–Crippen MR) is 85.8 cm³/mol. The summed E-state index contributed by atoms with van der Waals surface area (Å²) in [5.74, 6) is 0. The number of benzene rings is 1. The van der Waals surface area contributed by atoms with Gasteiger partial charge < -0.3 is 14.6 Å². The molecule has 0 amide bonds. The van der Waals surface area contributed by atoms with Crippen molar-refractivity contribution in [3.63, 3.8) is 0 Å². The minimum atomic E-state index is -3.18. The summed E-state index contributed by atoms with van der Waals surface area (Å²) in [6.07, 6.45) is 2.14. The van der Waals surface area contributed by atoms with E-state index in [-0.39, 0.29) is 4.90 Å². The van der Waals surface area contributed by atoms with Gasteiger partial charge in [0.25, 0.3) is 0 Å². The first-order valence-corrected chi connectivity index (χ1v) is 9.30. The Labute approximate surface area is 133 Å². The minimum absolute atomic E-state index is 0.287. The molecule has 0 bridgehead atoms. The van der Waals surface area contributed by atoms with Crippen LogP contribution >= 0.6 is 0 Å². The fourth-order valence-electron chi connectivity index (χ4n) is 2.04. The van der Waals surface area contributed by atoms with Gasteiger partial charge in [0.15, 0.2) is 9.84 Å². The molecular weight excluding hydrogens is 304 g/mol. The van der Waals surface area contributed by atoms with Gasteiger partial charge in [0, 0.05) is 25.9 Å². The van der Waals surface area contributed by atoms with E-state index in [9.17, 15) is 13.5 Å². The molecule has 0 aliphatic heterocycles. The lowest BCUT2D eigenvalue weighted by Gasteiger charge is -2.23. The number of aliphatic hydroxyl groups is 1. The second-order valence-electron chi connectivity index (χ2n) is 5.65. The van der Waals surface area contributed by atoms with Gasteiger partial charge in [0.2, 0.25) is 0 Å². The van der Waals surface area contributed by atoms with Crippen LogP contribution in [0.5, 0.6) is 0 Å². The zero-order chi connectivity index (χ0) is 16.6. The Bertz CT molecular complexity index is 534.